The Kier molecular flexibility index (Phi) is 8.45. The maximum Gasteiger partial charge on any atom is 0.275 e. The van der Waals surface area contributed by atoms with Crippen molar-refractivity contribution in [3.8, 4) is 23.1 Å². The second-order valence-corrected chi connectivity index (χ2v) is 8.94. The molecule has 2 aromatic carbocycles. The van der Waals surface area contributed by atoms with Crippen LogP contribution in [0.2, 0.25) is 0 Å². The number of nitrogens with zero attached hydrogens (tertiary/aromatic N) is 3. The molecule has 2 heterocycles. The van der Waals surface area contributed by atoms with E-state index in [1.807, 2.05) is 37.3 Å². The quantitative estimate of drug-likeness (QED) is 0.446. The van der Waals surface area contributed by atoms with E-state index in [0.717, 1.165) is 18.4 Å². The number of aromatic hydroxyl groups is 1. The number of hydrogen-bond acceptors (Lipinski definition) is 7. The number of carbonyl (C=O) groups excluding carboxylic acids is 1. The Bertz CT molecular complexity index is 1270. The molecular weight excluding hydrogens is 474 g/mol. The molecule has 1 aromatic heterocycles. The van der Waals surface area contributed by atoms with E-state index >= 15 is 0 Å². The van der Waals surface area contributed by atoms with Crippen LogP contribution in [0.5, 0.6) is 17.4 Å². The second-order valence-electron chi connectivity index (χ2n) is 8.94. The summed E-state index contributed by atoms with van der Waals surface area (Å²) in [5, 5.41) is 10.8. The van der Waals surface area contributed by atoms with E-state index in [2.05, 4.69) is 4.98 Å². The highest BCUT2D eigenvalue weighted by Crippen LogP contribution is 2.33. The Balaban J connectivity index is 1.67. The van der Waals surface area contributed by atoms with Gasteiger partial charge in [0.2, 0.25) is 5.88 Å². The normalized spacial score (nSPS) is 15.1. The van der Waals surface area contributed by atoms with Gasteiger partial charge in [0.15, 0.2) is 5.56 Å². The number of amides is 1. The van der Waals surface area contributed by atoms with E-state index in [-0.39, 0.29) is 11.7 Å². The van der Waals surface area contributed by atoms with Gasteiger partial charge in [0.1, 0.15) is 23.0 Å². The van der Waals surface area contributed by atoms with Gasteiger partial charge in [-0.3, -0.25) is 14.2 Å². The summed E-state index contributed by atoms with van der Waals surface area (Å²) in [4.78, 5) is 33.2. The first-order valence-corrected chi connectivity index (χ1v) is 12.5. The summed E-state index contributed by atoms with van der Waals surface area (Å²) in [6, 6.07) is 15.0. The van der Waals surface area contributed by atoms with Crippen molar-refractivity contribution in [3.63, 3.8) is 0 Å². The lowest BCUT2D eigenvalue weighted by Gasteiger charge is -2.21. The van der Waals surface area contributed by atoms with Gasteiger partial charge in [0.05, 0.1) is 26.9 Å². The van der Waals surface area contributed by atoms with E-state index < -0.39 is 17.3 Å². The van der Waals surface area contributed by atoms with Crippen LogP contribution in [-0.2, 0) is 17.8 Å². The van der Waals surface area contributed by atoms with Crippen LogP contribution in [0.4, 0.5) is 0 Å². The van der Waals surface area contributed by atoms with Crippen molar-refractivity contribution in [2.45, 2.75) is 45.3 Å². The molecule has 196 valence electrons. The highest BCUT2D eigenvalue weighted by atomic mass is 16.5. The molecule has 1 atom stereocenters. The molecule has 1 N–H and O–H groups in total. The van der Waals surface area contributed by atoms with Crippen LogP contribution in [0, 0.1) is 0 Å². The number of hydrogen-bond donors (Lipinski definition) is 1. The third-order valence-corrected chi connectivity index (χ3v) is 6.49. The molecule has 4 rings (SSSR count). The van der Waals surface area contributed by atoms with Crippen LogP contribution < -0.4 is 15.0 Å². The molecule has 1 aliphatic rings. The fraction of sp³-hybridized carbons (Fsp3) is 0.393. The van der Waals surface area contributed by atoms with E-state index in [9.17, 15) is 14.7 Å². The van der Waals surface area contributed by atoms with E-state index in [1.165, 1.54) is 23.7 Å². The van der Waals surface area contributed by atoms with Gasteiger partial charge in [0.25, 0.3) is 11.5 Å². The van der Waals surface area contributed by atoms with Crippen LogP contribution >= 0.6 is 0 Å². The van der Waals surface area contributed by atoms with Gasteiger partial charge in [-0.1, -0.05) is 49.7 Å². The molecule has 9 heteroatoms. The van der Waals surface area contributed by atoms with Crippen molar-refractivity contribution in [1.82, 2.24) is 14.5 Å². The van der Waals surface area contributed by atoms with Gasteiger partial charge in [0, 0.05) is 19.5 Å². The predicted molar refractivity (Wildman–Crippen MR) is 139 cm³/mol. The molecule has 37 heavy (non-hydrogen) atoms. The second kappa shape index (κ2) is 11.9. The Morgan fingerprint density at radius 1 is 1.08 bits per heavy atom. The molecule has 0 unspecified atom stereocenters. The van der Waals surface area contributed by atoms with Crippen LogP contribution in [0.25, 0.3) is 5.69 Å². The smallest absolute Gasteiger partial charge is 0.275 e. The summed E-state index contributed by atoms with van der Waals surface area (Å²) in [5.74, 6) is -0.0409. The van der Waals surface area contributed by atoms with Crippen molar-refractivity contribution in [2.75, 3.05) is 27.3 Å². The highest BCUT2D eigenvalue weighted by molar-refractivity contribution is 5.96. The number of likely N-dealkylation sites (tertiary alicyclic amines) is 1. The number of aromatic nitrogens is 2. The molecule has 0 bridgehead atoms. The molecule has 9 nitrogen and oxygen atoms in total. The summed E-state index contributed by atoms with van der Waals surface area (Å²) in [7, 11) is 2.99. The largest absolute Gasteiger partial charge is 0.494 e. The minimum atomic E-state index is -0.667. The van der Waals surface area contributed by atoms with E-state index in [1.54, 1.807) is 18.2 Å². The zero-order chi connectivity index (χ0) is 26.4. The van der Waals surface area contributed by atoms with E-state index in [0.29, 0.717) is 55.5 Å². The zero-order valence-electron chi connectivity index (χ0n) is 21.5. The Morgan fingerprint density at radius 3 is 2.43 bits per heavy atom. The Hall–Kier alpha value is -3.85. The summed E-state index contributed by atoms with van der Waals surface area (Å²) in [5.41, 5.74) is 0.345. The molecule has 0 radical (unpaired) electrons. The van der Waals surface area contributed by atoms with Crippen LogP contribution in [-0.4, -0.2) is 58.9 Å². The number of rotatable bonds is 10. The van der Waals surface area contributed by atoms with Gasteiger partial charge in [-0.2, -0.15) is 4.98 Å². The summed E-state index contributed by atoms with van der Waals surface area (Å²) >= 11 is 0. The monoisotopic (exact) mass is 507 g/mol. The van der Waals surface area contributed by atoms with Crippen molar-refractivity contribution in [2.24, 2.45) is 0 Å². The number of aryl methyl sites for hydroxylation is 1. The number of ether oxygens (including phenoxy) is 3. The Labute approximate surface area is 216 Å². The molecule has 1 aliphatic heterocycles. The third-order valence-electron chi connectivity index (χ3n) is 6.49. The number of benzene rings is 2. The first-order valence-electron chi connectivity index (χ1n) is 12.5. The lowest BCUT2D eigenvalue weighted by atomic mass is 10.2. The van der Waals surface area contributed by atoms with Crippen molar-refractivity contribution >= 4 is 5.91 Å². The fourth-order valence-electron chi connectivity index (χ4n) is 4.52. The van der Waals surface area contributed by atoms with Gasteiger partial charge in [-0.05, 0) is 30.5 Å². The van der Waals surface area contributed by atoms with Gasteiger partial charge < -0.3 is 24.2 Å². The lowest BCUT2D eigenvalue weighted by molar-refractivity contribution is 0.0436. The average Bonchev–Trinajstić information content (AvgIpc) is 3.40. The SMILES string of the molecule is CCCCc1nc(O)c(C(=O)N2CC[C@@H](OCc3ccccc3)C2)c(=O)n1-c1c(OC)cccc1OC. The molecule has 1 amide bonds. The molecule has 0 spiro atoms. The maximum absolute atomic E-state index is 13.9. The molecule has 0 aliphatic carbocycles. The molecule has 3 aromatic rings. The number of carbonyl (C=O) groups is 1. The topological polar surface area (TPSA) is 103 Å². The highest BCUT2D eigenvalue weighted by Gasteiger charge is 2.33. The Morgan fingerprint density at radius 2 is 1.78 bits per heavy atom. The first kappa shape index (κ1) is 26.2. The molecule has 0 saturated carbocycles. The molecule has 1 saturated heterocycles. The van der Waals surface area contributed by atoms with Gasteiger partial charge in [-0.25, -0.2) is 0 Å². The fourth-order valence-corrected chi connectivity index (χ4v) is 4.52. The number of para-hydroxylation sites is 1. The van der Waals surface area contributed by atoms with E-state index in [4.69, 9.17) is 14.2 Å². The standard InChI is InChI=1S/C28H33N3O6/c1-4-5-14-23-29-26(32)24(28(34)31(23)25-21(35-2)12-9-13-22(25)36-3)27(33)30-16-15-20(17-30)37-18-19-10-7-6-8-11-19/h6-13,20,32H,4-5,14-18H2,1-3H3/t20-/m1/s1. The number of unbranched alkanes of at least 4 members (excludes halogenated alkanes) is 1. The van der Waals surface area contributed by atoms with Gasteiger partial charge in [-0.15, -0.1) is 0 Å². The summed E-state index contributed by atoms with van der Waals surface area (Å²) < 4.78 is 18.4. The van der Waals surface area contributed by atoms with Crippen molar-refractivity contribution < 1.29 is 24.1 Å². The van der Waals surface area contributed by atoms with Crippen molar-refractivity contribution in [3.05, 3.63) is 75.8 Å². The van der Waals surface area contributed by atoms with Crippen LogP contribution in [0.1, 0.15) is 47.9 Å². The van der Waals surface area contributed by atoms with Gasteiger partial charge >= 0.3 is 0 Å². The first-order chi connectivity index (χ1) is 18.0. The minimum absolute atomic E-state index is 0.167. The summed E-state index contributed by atoms with van der Waals surface area (Å²) in [6.45, 7) is 3.19. The maximum atomic E-state index is 13.9. The van der Waals surface area contributed by atoms with Crippen molar-refractivity contribution in [1.29, 1.82) is 0 Å². The molecular formula is C28H33N3O6. The average molecular weight is 508 g/mol. The lowest BCUT2D eigenvalue weighted by Crippen LogP contribution is -2.37. The zero-order valence-corrected chi connectivity index (χ0v) is 21.5. The summed E-state index contributed by atoms with van der Waals surface area (Å²) in [6.07, 6.45) is 2.49. The van der Waals surface area contributed by atoms with Crippen LogP contribution in [0.3, 0.4) is 0 Å². The predicted octanol–water partition coefficient (Wildman–Crippen LogP) is 3.73. The minimum Gasteiger partial charge on any atom is -0.494 e. The number of methoxy groups -OCH3 is 2. The third kappa shape index (κ3) is 5.61. The molecule has 1 fully saturated rings. The van der Waals surface area contributed by atoms with Crippen LogP contribution in [0.15, 0.2) is 53.3 Å².